The highest BCUT2D eigenvalue weighted by molar-refractivity contribution is 4.51. The molecule has 0 spiro atoms. The fourth-order valence-corrected chi connectivity index (χ4v) is 2.62. The topological polar surface area (TPSA) is 0 Å². The van der Waals surface area contributed by atoms with Gasteiger partial charge in [-0.15, -0.1) is 0 Å². The van der Waals surface area contributed by atoms with Crippen LogP contribution in [0.4, 0.5) is 0 Å². The molecule has 18 heavy (non-hydrogen) atoms. The summed E-state index contributed by atoms with van der Waals surface area (Å²) in [7, 11) is 0. The average molecular weight is 255 g/mol. The SMILES string of the molecule is C1CCCCCCC1.CCCCCCCCCC. The second-order valence-corrected chi connectivity index (χ2v) is 5.95. The van der Waals surface area contributed by atoms with Gasteiger partial charge in [-0.2, -0.15) is 0 Å². The molecular formula is C18H38. The molecule has 0 heterocycles. The third-order valence-electron chi connectivity index (χ3n) is 3.96. The predicted octanol–water partition coefficient (Wildman–Crippen LogP) is 7.27. The standard InChI is InChI=1S/C10H22.C8H16/c1-3-5-7-9-10-8-6-4-2;1-2-4-6-8-7-5-3-1/h3-10H2,1-2H3;1-8H2. The molecule has 0 aromatic heterocycles. The zero-order valence-electron chi connectivity index (χ0n) is 13.3. The van der Waals surface area contributed by atoms with E-state index in [2.05, 4.69) is 13.8 Å². The summed E-state index contributed by atoms with van der Waals surface area (Å²) in [4.78, 5) is 0. The zero-order chi connectivity index (χ0) is 13.3. The predicted molar refractivity (Wildman–Crippen MR) is 85.2 cm³/mol. The van der Waals surface area contributed by atoms with Gasteiger partial charge in [-0.25, -0.2) is 0 Å². The van der Waals surface area contributed by atoms with Gasteiger partial charge in [0, 0.05) is 0 Å². The van der Waals surface area contributed by atoms with E-state index in [9.17, 15) is 0 Å². The van der Waals surface area contributed by atoms with Crippen LogP contribution in [0, 0.1) is 0 Å². The maximum Gasteiger partial charge on any atom is -0.0533 e. The normalized spacial score (nSPS) is 16.3. The fraction of sp³-hybridized carbons (Fsp3) is 1.00. The summed E-state index contributed by atoms with van der Waals surface area (Å²) in [6.45, 7) is 4.54. The molecular weight excluding hydrogens is 216 g/mol. The van der Waals surface area contributed by atoms with Crippen molar-refractivity contribution in [2.75, 3.05) is 0 Å². The highest BCUT2D eigenvalue weighted by Crippen LogP contribution is 2.15. The number of rotatable bonds is 7. The van der Waals surface area contributed by atoms with Crippen LogP contribution in [0.15, 0.2) is 0 Å². The van der Waals surface area contributed by atoms with Gasteiger partial charge < -0.3 is 0 Å². The number of hydrogen-bond donors (Lipinski definition) is 0. The van der Waals surface area contributed by atoms with Crippen LogP contribution in [0.1, 0.15) is 117 Å². The molecule has 110 valence electrons. The molecule has 1 saturated carbocycles. The van der Waals surface area contributed by atoms with E-state index in [1.54, 1.807) is 0 Å². The summed E-state index contributed by atoms with van der Waals surface area (Å²) in [5.41, 5.74) is 0. The van der Waals surface area contributed by atoms with E-state index in [0.29, 0.717) is 0 Å². The second-order valence-electron chi connectivity index (χ2n) is 5.95. The molecule has 1 aliphatic carbocycles. The van der Waals surface area contributed by atoms with E-state index < -0.39 is 0 Å². The molecule has 0 bridgehead atoms. The Balaban J connectivity index is 0.000000327. The molecule has 0 aliphatic heterocycles. The smallest absolute Gasteiger partial charge is 0.0533 e. The minimum atomic E-state index is 1.37. The Kier molecular flexibility index (Phi) is 17.0. The third kappa shape index (κ3) is 16.0. The van der Waals surface area contributed by atoms with E-state index in [1.165, 1.54) is 103 Å². The van der Waals surface area contributed by atoms with Gasteiger partial charge >= 0.3 is 0 Å². The molecule has 0 N–H and O–H groups in total. The fourth-order valence-electron chi connectivity index (χ4n) is 2.62. The first-order valence-electron chi connectivity index (χ1n) is 8.91. The first-order chi connectivity index (χ1) is 8.91. The van der Waals surface area contributed by atoms with E-state index in [1.807, 2.05) is 0 Å². The summed E-state index contributed by atoms with van der Waals surface area (Å²) in [5, 5.41) is 0. The average Bonchev–Trinajstić information content (AvgIpc) is 2.34. The molecule has 1 fully saturated rings. The van der Waals surface area contributed by atoms with E-state index in [-0.39, 0.29) is 0 Å². The van der Waals surface area contributed by atoms with Crippen molar-refractivity contribution in [1.82, 2.24) is 0 Å². The molecule has 0 unspecified atom stereocenters. The Morgan fingerprint density at radius 3 is 0.833 bits per heavy atom. The van der Waals surface area contributed by atoms with Crippen LogP contribution < -0.4 is 0 Å². The van der Waals surface area contributed by atoms with Crippen LogP contribution in [-0.2, 0) is 0 Å². The van der Waals surface area contributed by atoms with Crippen molar-refractivity contribution in [3.05, 3.63) is 0 Å². The largest absolute Gasteiger partial charge is 0.0654 e. The van der Waals surface area contributed by atoms with E-state index >= 15 is 0 Å². The second kappa shape index (κ2) is 17.0. The summed E-state index contributed by atoms with van der Waals surface area (Å²) in [6.07, 6.45) is 23.5. The Hall–Kier alpha value is 0. The van der Waals surface area contributed by atoms with E-state index in [4.69, 9.17) is 0 Å². The lowest BCUT2D eigenvalue weighted by atomic mass is 10.0. The number of hydrogen-bond acceptors (Lipinski definition) is 0. The molecule has 0 aromatic rings. The molecule has 0 saturated heterocycles. The van der Waals surface area contributed by atoms with Crippen LogP contribution >= 0.6 is 0 Å². The van der Waals surface area contributed by atoms with Crippen LogP contribution in [0.3, 0.4) is 0 Å². The molecule has 1 rings (SSSR count). The Bertz CT molecular complexity index is 96.0. The van der Waals surface area contributed by atoms with E-state index in [0.717, 1.165) is 0 Å². The summed E-state index contributed by atoms with van der Waals surface area (Å²) < 4.78 is 0. The highest BCUT2D eigenvalue weighted by Gasteiger charge is 1.95. The van der Waals surface area contributed by atoms with Crippen molar-refractivity contribution >= 4 is 0 Å². The lowest BCUT2D eigenvalue weighted by molar-refractivity contribution is 0.504. The highest BCUT2D eigenvalue weighted by atomic mass is 14.0. The van der Waals surface area contributed by atoms with Crippen molar-refractivity contribution in [1.29, 1.82) is 0 Å². The molecule has 1 aliphatic rings. The molecule has 0 radical (unpaired) electrons. The molecule has 0 aromatic carbocycles. The minimum Gasteiger partial charge on any atom is -0.0654 e. The van der Waals surface area contributed by atoms with Crippen molar-refractivity contribution in [3.8, 4) is 0 Å². The van der Waals surface area contributed by atoms with Gasteiger partial charge in [0.1, 0.15) is 0 Å². The van der Waals surface area contributed by atoms with Crippen molar-refractivity contribution in [3.63, 3.8) is 0 Å². The Labute approximate surface area is 117 Å². The Morgan fingerprint density at radius 2 is 0.611 bits per heavy atom. The maximum absolute atomic E-state index is 2.27. The first kappa shape index (κ1) is 18.0. The van der Waals surface area contributed by atoms with Gasteiger partial charge in [-0.05, 0) is 0 Å². The first-order valence-corrected chi connectivity index (χ1v) is 8.91. The summed E-state index contributed by atoms with van der Waals surface area (Å²) in [5.74, 6) is 0. The van der Waals surface area contributed by atoms with Crippen molar-refractivity contribution in [2.24, 2.45) is 0 Å². The molecule has 0 heteroatoms. The minimum absolute atomic E-state index is 1.37. The van der Waals surface area contributed by atoms with Gasteiger partial charge in [-0.1, -0.05) is 117 Å². The van der Waals surface area contributed by atoms with Crippen LogP contribution in [-0.4, -0.2) is 0 Å². The maximum atomic E-state index is 2.27. The van der Waals surface area contributed by atoms with Gasteiger partial charge in [0.15, 0.2) is 0 Å². The van der Waals surface area contributed by atoms with Crippen LogP contribution in [0.5, 0.6) is 0 Å². The van der Waals surface area contributed by atoms with Gasteiger partial charge in [0.25, 0.3) is 0 Å². The molecule has 0 atom stereocenters. The van der Waals surface area contributed by atoms with Crippen LogP contribution in [0.25, 0.3) is 0 Å². The lowest BCUT2D eigenvalue weighted by Gasteiger charge is -2.05. The summed E-state index contributed by atoms with van der Waals surface area (Å²) >= 11 is 0. The monoisotopic (exact) mass is 254 g/mol. The van der Waals surface area contributed by atoms with Gasteiger partial charge in [-0.3, -0.25) is 0 Å². The van der Waals surface area contributed by atoms with Gasteiger partial charge in [0.2, 0.25) is 0 Å². The molecule has 0 amide bonds. The van der Waals surface area contributed by atoms with Crippen molar-refractivity contribution < 1.29 is 0 Å². The lowest BCUT2D eigenvalue weighted by Crippen LogP contribution is -1.85. The zero-order valence-corrected chi connectivity index (χ0v) is 13.3. The Morgan fingerprint density at radius 1 is 0.389 bits per heavy atom. The third-order valence-corrected chi connectivity index (χ3v) is 3.96. The molecule has 0 nitrogen and oxygen atoms in total. The van der Waals surface area contributed by atoms with Crippen molar-refractivity contribution in [2.45, 2.75) is 117 Å². The number of unbranched alkanes of at least 4 members (excludes halogenated alkanes) is 7. The summed E-state index contributed by atoms with van der Waals surface area (Å²) in [6, 6.07) is 0. The van der Waals surface area contributed by atoms with Crippen LogP contribution in [0.2, 0.25) is 0 Å². The quantitative estimate of drug-likeness (QED) is 0.419. The van der Waals surface area contributed by atoms with Gasteiger partial charge in [0.05, 0.1) is 0 Å².